The lowest BCUT2D eigenvalue weighted by molar-refractivity contribution is 0.317. The van der Waals surface area contributed by atoms with Crippen LogP contribution in [0.15, 0.2) is 42.5 Å². The van der Waals surface area contributed by atoms with Crippen molar-refractivity contribution in [2.75, 3.05) is 30.3 Å². The molecule has 4 heteroatoms. The SMILES string of the molecule is CCCOc1cccc(NCCNc2cccc(Cl)c2C)c1. The second-order valence-electron chi connectivity index (χ2n) is 5.14. The highest BCUT2D eigenvalue weighted by Crippen LogP contribution is 2.22. The third-order valence-corrected chi connectivity index (χ3v) is 3.75. The van der Waals surface area contributed by atoms with Crippen LogP contribution in [0.25, 0.3) is 0 Å². The Kier molecular flexibility index (Phi) is 6.41. The summed E-state index contributed by atoms with van der Waals surface area (Å²) in [5.74, 6) is 0.908. The second-order valence-corrected chi connectivity index (χ2v) is 5.55. The van der Waals surface area contributed by atoms with Crippen molar-refractivity contribution in [3.05, 3.63) is 53.1 Å². The minimum atomic E-state index is 0.749. The van der Waals surface area contributed by atoms with Crippen LogP contribution in [0, 0.1) is 6.92 Å². The van der Waals surface area contributed by atoms with Gasteiger partial charge in [-0.05, 0) is 43.2 Å². The summed E-state index contributed by atoms with van der Waals surface area (Å²) < 4.78 is 5.63. The molecule has 0 saturated heterocycles. The molecule has 0 amide bonds. The van der Waals surface area contributed by atoms with E-state index in [0.29, 0.717) is 0 Å². The summed E-state index contributed by atoms with van der Waals surface area (Å²) in [6.07, 6.45) is 1.01. The van der Waals surface area contributed by atoms with Crippen LogP contribution >= 0.6 is 11.6 Å². The molecule has 118 valence electrons. The molecule has 0 aliphatic rings. The lowest BCUT2D eigenvalue weighted by atomic mass is 10.2. The lowest BCUT2D eigenvalue weighted by Gasteiger charge is -2.12. The van der Waals surface area contributed by atoms with Gasteiger partial charge in [0, 0.05) is 35.6 Å². The zero-order valence-electron chi connectivity index (χ0n) is 13.2. The predicted molar refractivity (Wildman–Crippen MR) is 95.4 cm³/mol. The molecule has 2 aromatic rings. The Morgan fingerprint density at radius 1 is 1.05 bits per heavy atom. The molecule has 2 rings (SSSR count). The molecule has 22 heavy (non-hydrogen) atoms. The van der Waals surface area contributed by atoms with E-state index >= 15 is 0 Å². The molecule has 0 aliphatic heterocycles. The zero-order chi connectivity index (χ0) is 15.8. The summed E-state index contributed by atoms with van der Waals surface area (Å²) in [6, 6.07) is 14.0. The quantitative estimate of drug-likeness (QED) is 0.675. The monoisotopic (exact) mass is 318 g/mol. The van der Waals surface area contributed by atoms with Crippen molar-refractivity contribution in [3.63, 3.8) is 0 Å². The van der Waals surface area contributed by atoms with Crippen LogP contribution in [0.5, 0.6) is 5.75 Å². The minimum Gasteiger partial charge on any atom is -0.494 e. The average Bonchev–Trinajstić information content (AvgIpc) is 2.54. The van der Waals surface area contributed by atoms with E-state index in [2.05, 4.69) is 17.6 Å². The van der Waals surface area contributed by atoms with Gasteiger partial charge in [0.1, 0.15) is 5.75 Å². The fourth-order valence-electron chi connectivity index (χ4n) is 2.12. The molecule has 3 nitrogen and oxygen atoms in total. The topological polar surface area (TPSA) is 33.3 Å². The van der Waals surface area contributed by atoms with E-state index in [1.165, 1.54) is 0 Å². The maximum atomic E-state index is 6.11. The van der Waals surface area contributed by atoms with E-state index in [4.69, 9.17) is 16.3 Å². The van der Waals surface area contributed by atoms with Crippen molar-refractivity contribution in [2.24, 2.45) is 0 Å². The molecular weight excluding hydrogens is 296 g/mol. The molecule has 0 aromatic heterocycles. The number of rotatable bonds is 8. The first-order valence-corrected chi connectivity index (χ1v) is 8.04. The van der Waals surface area contributed by atoms with Crippen LogP contribution < -0.4 is 15.4 Å². The van der Waals surface area contributed by atoms with Crippen LogP contribution in [0.4, 0.5) is 11.4 Å². The van der Waals surface area contributed by atoms with Crippen LogP contribution in [-0.4, -0.2) is 19.7 Å². The molecule has 2 aromatic carbocycles. The Morgan fingerprint density at radius 2 is 1.82 bits per heavy atom. The molecular formula is C18H23ClN2O. The van der Waals surface area contributed by atoms with Gasteiger partial charge in [0.25, 0.3) is 0 Å². The highest BCUT2D eigenvalue weighted by molar-refractivity contribution is 6.31. The van der Waals surface area contributed by atoms with Gasteiger partial charge in [0.05, 0.1) is 6.61 Å². The van der Waals surface area contributed by atoms with E-state index in [-0.39, 0.29) is 0 Å². The lowest BCUT2D eigenvalue weighted by Crippen LogP contribution is -2.14. The van der Waals surface area contributed by atoms with Gasteiger partial charge >= 0.3 is 0 Å². The molecule has 0 radical (unpaired) electrons. The van der Waals surface area contributed by atoms with E-state index in [1.54, 1.807) is 0 Å². The maximum absolute atomic E-state index is 6.11. The molecule has 0 aliphatic carbocycles. The van der Waals surface area contributed by atoms with Gasteiger partial charge < -0.3 is 15.4 Å². The van der Waals surface area contributed by atoms with E-state index in [0.717, 1.165) is 53.8 Å². The Morgan fingerprint density at radius 3 is 2.64 bits per heavy atom. The first kappa shape index (κ1) is 16.5. The summed E-state index contributed by atoms with van der Waals surface area (Å²) >= 11 is 6.11. The van der Waals surface area contributed by atoms with Crippen LogP contribution in [-0.2, 0) is 0 Å². The Labute approximate surface area is 137 Å². The summed E-state index contributed by atoms with van der Waals surface area (Å²) in [7, 11) is 0. The molecule has 0 heterocycles. The average molecular weight is 319 g/mol. The third-order valence-electron chi connectivity index (χ3n) is 3.34. The van der Waals surface area contributed by atoms with Gasteiger partial charge in [-0.1, -0.05) is 30.7 Å². The second kappa shape index (κ2) is 8.54. The van der Waals surface area contributed by atoms with Gasteiger partial charge in [-0.25, -0.2) is 0 Å². The highest BCUT2D eigenvalue weighted by atomic mass is 35.5. The molecule has 0 fully saturated rings. The van der Waals surface area contributed by atoms with Crippen molar-refractivity contribution in [1.29, 1.82) is 0 Å². The van der Waals surface area contributed by atoms with Gasteiger partial charge in [0.2, 0.25) is 0 Å². The first-order valence-electron chi connectivity index (χ1n) is 7.66. The summed E-state index contributed by atoms with van der Waals surface area (Å²) in [5, 5.41) is 7.58. The molecule has 0 saturated carbocycles. The standard InChI is InChI=1S/C18H23ClN2O/c1-3-12-22-16-7-4-6-15(13-16)20-10-11-21-18-9-5-8-17(19)14(18)2/h4-9,13,20-21H,3,10-12H2,1-2H3. The van der Waals surface area contributed by atoms with Crippen molar-refractivity contribution in [1.82, 2.24) is 0 Å². The number of nitrogens with one attached hydrogen (secondary N) is 2. The van der Waals surface area contributed by atoms with Crippen molar-refractivity contribution in [2.45, 2.75) is 20.3 Å². The van der Waals surface area contributed by atoms with E-state index in [9.17, 15) is 0 Å². The van der Waals surface area contributed by atoms with Gasteiger partial charge in [-0.15, -0.1) is 0 Å². The smallest absolute Gasteiger partial charge is 0.121 e. The van der Waals surface area contributed by atoms with E-state index < -0.39 is 0 Å². The number of hydrogen-bond donors (Lipinski definition) is 2. The molecule has 0 unspecified atom stereocenters. The van der Waals surface area contributed by atoms with Crippen LogP contribution in [0.3, 0.4) is 0 Å². The number of benzene rings is 2. The maximum Gasteiger partial charge on any atom is 0.121 e. The molecule has 0 bridgehead atoms. The number of anilines is 2. The fraction of sp³-hybridized carbons (Fsp3) is 0.333. The minimum absolute atomic E-state index is 0.749. The fourth-order valence-corrected chi connectivity index (χ4v) is 2.29. The number of hydrogen-bond acceptors (Lipinski definition) is 3. The van der Waals surface area contributed by atoms with Crippen LogP contribution in [0.1, 0.15) is 18.9 Å². The van der Waals surface area contributed by atoms with Gasteiger partial charge in [-0.3, -0.25) is 0 Å². The molecule has 2 N–H and O–H groups in total. The Hall–Kier alpha value is -1.87. The molecule has 0 atom stereocenters. The van der Waals surface area contributed by atoms with E-state index in [1.807, 2.05) is 49.4 Å². The summed E-state index contributed by atoms with van der Waals surface area (Å²) in [6.45, 7) is 6.52. The number of halogens is 1. The third kappa shape index (κ3) is 4.85. The highest BCUT2D eigenvalue weighted by Gasteiger charge is 2.01. The molecule has 0 spiro atoms. The van der Waals surface area contributed by atoms with Crippen LogP contribution in [0.2, 0.25) is 5.02 Å². The Bertz CT molecular complexity index is 601. The van der Waals surface area contributed by atoms with Crippen molar-refractivity contribution in [3.8, 4) is 5.75 Å². The normalized spacial score (nSPS) is 10.3. The zero-order valence-corrected chi connectivity index (χ0v) is 13.9. The Balaban J connectivity index is 1.80. The summed E-state index contributed by atoms with van der Waals surface area (Å²) in [4.78, 5) is 0. The van der Waals surface area contributed by atoms with Gasteiger partial charge in [-0.2, -0.15) is 0 Å². The largest absolute Gasteiger partial charge is 0.494 e. The summed E-state index contributed by atoms with van der Waals surface area (Å²) in [5.41, 5.74) is 3.23. The number of ether oxygens (including phenoxy) is 1. The predicted octanol–water partition coefficient (Wildman–Crippen LogP) is 4.96. The van der Waals surface area contributed by atoms with Crippen molar-refractivity contribution >= 4 is 23.0 Å². The van der Waals surface area contributed by atoms with Gasteiger partial charge in [0.15, 0.2) is 0 Å². The van der Waals surface area contributed by atoms with Crippen molar-refractivity contribution < 1.29 is 4.74 Å². The first-order chi connectivity index (χ1) is 10.7.